The zero-order chi connectivity index (χ0) is 11.0. The van der Waals surface area contributed by atoms with Gasteiger partial charge in [-0.25, -0.2) is 0 Å². The van der Waals surface area contributed by atoms with Crippen molar-refractivity contribution in [3.05, 3.63) is 0 Å². The lowest BCUT2D eigenvalue weighted by molar-refractivity contribution is -0.157. The summed E-state index contributed by atoms with van der Waals surface area (Å²) >= 11 is 0. The molecule has 1 amide bonds. The number of hydrogen-bond acceptors (Lipinski definition) is 4. The van der Waals surface area contributed by atoms with Crippen molar-refractivity contribution >= 4 is 5.91 Å². The second kappa shape index (κ2) is 4.08. The Morgan fingerprint density at radius 3 is 2.93 bits per heavy atom. The van der Waals surface area contributed by atoms with Crippen LogP contribution in [0, 0.1) is 5.92 Å². The Kier molecular flexibility index (Phi) is 2.95. The van der Waals surface area contributed by atoms with Gasteiger partial charge in [0.05, 0.1) is 24.4 Å². The molecule has 0 spiro atoms. The van der Waals surface area contributed by atoms with Gasteiger partial charge in [-0.15, -0.1) is 0 Å². The number of ether oxygens (including phenoxy) is 1. The minimum absolute atomic E-state index is 0.000926. The Hall–Kier alpha value is -0.650. The van der Waals surface area contributed by atoms with Gasteiger partial charge >= 0.3 is 0 Å². The predicted octanol–water partition coefficient (Wildman–Crippen LogP) is -0.978. The van der Waals surface area contributed by atoms with Crippen LogP contribution in [0.15, 0.2) is 0 Å². The first-order valence-corrected chi connectivity index (χ1v) is 5.36. The summed E-state index contributed by atoms with van der Waals surface area (Å²) in [7, 11) is 0. The number of morpholine rings is 1. The normalized spacial score (nSPS) is 43.0. The molecule has 86 valence electrons. The quantitative estimate of drug-likeness (QED) is 0.525. The Morgan fingerprint density at radius 1 is 1.53 bits per heavy atom. The van der Waals surface area contributed by atoms with Crippen molar-refractivity contribution in [1.82, 2.24) is 5.32 Å². The molecule has 1 aliphatic carbocycles. The number of carbonyl (C=O) groups is 1. The highest BCUT2D eigenvalue weighted by atomic mass is 16.5. The van der Waals surface area contributed by atoms with Crippen molar-refractivity contribution in [2.45, 2.75) is 44.1 Å². The van der Waals surface area contributed by atoms with Crippen LogP contribution in [-0.2, 0) is 9.53 Å². The fourth-order valence-electron chi connectivity index (χ4n) is 2.51. The summed E-state index contributed by atoms with van der Waals surface area (Å²) in [6.07, 6.45) is 0.0386. The van der Waals surface area contributed by atoms with Crippen LogP contribution < -0.4 is 5.32 Å². The van der Waals surface area contributed by atoms with Crippen LogP contribution >= 0.6 is 0 Å². The van der Waals surface area contributed by atoms with Crippen molar-refractivity contribution in [1.29, 1.82) is 0 Å². The lowest BCUT2D eigenvalue weighted by Crippen LogP contribution is -2.63. The highest BCUT2D eigenvalue weighted by Crippen LogP contribution is 2.31. The Morgan fingerprint density at radius 2 is 2.27 bits per heavy atom. The summed E-state index contributed by atoms with van der Waals surface area (Å²) in [6.45, 7) is 1.75. The van der Waals surface area contributed by atoms with E-state index in [1.165, 1.54) is 0 Å². The number of amides is 1. The molecule has 1 saturated carbocycles. The first-order valence-electron chi connectivity index (χ1n) is 5.36. The highest BCUT2D eigenvalue weighted by Gasteiger charge is 2.44. The van der Waals surface area contributed by atoms with Crippen LogP contribution in [0.2, 0.25) is 0 Å². The van der Waals surface area contributed by atoms with Crippen molar-refractivity contribution < 1.29 is 19.7 Å². The van der Waals surface area contributed by atoms with Crippen molar-refractivity contribution in [2.75, 3.05) is 6.61 Å². The van der Waals surface area contributed by atoms with Crippen LogP contribution in [0.1, 0.15) is 19.8 Å². The molecular weight excluding hydrogens is 198 g/mol. The Bertz CT molecular complexity index is 256. The molecule has 1 saturated heterocycles. The van der Waals surface area contributed by atoms with E-state index in [-0.39, 0.29) is 30.6 Å². The fourth-order valence-corrected chi connectivity index (χ4v) is 2.51. The molecule has 1 aliphatic heterocycles. The molecule has 0 aromatic heterocycles. The average molecular weight is 215 g/mol. The number of fused-ring (bicyclic) bond motifs is 1. The van der Waals surface area contributed by atoms with Crippen molar-refractivity contribution in [3.63, 3.8) is 0 Å². The summed E-state index contributed by atoms with van der Waals surface area (Å²) in [6, 6.07) is -0.361. The van der Waals surface area contributed by atoms with E-state index in [0.717, 1.165) is 6.42 Å². The number of nitrogens with one attached hydrogen (secondary N) is 1. The van der Waals surface area contributed by atoms with E-state index in [4.69, 9.17) is 4.74 Å². The maximum atomic E-state index is 11.1. The molecule has 0 bridgehead atoms. The van der Waals surface area contributed by atoms with Gasteiger partial charge in [0.1, 0.15) is 6.61 Å². The maximum Gasteiger partial charge on any atom is 0.246 e. The van der Waals surface area contributed by atoms with Gasteiger partial charge in [-0.3, -0.25) is 4.79 Å². The third kappa shape index (κ3) is 2.00. The van der Waals surface area contributed by atoms with Crippen LogP contribution in [0.4, 0.5) is 0 Å². The van der Waals surface area contributed by atoms with Gasteiger partial charge < -0.3 is 20.3 Å². The monoisotopic (exact) mass is 215 g/mol. The fraction of sp³-hybridized carbons (Fsp3) is 0.900. The minimum atomic E-state index is -0.561. The molecule has 2 fully saturated rings. The van der Waals surface area contributed by atoms with E-state index in [2.05, 4.69) is 5.32 Å². The number of aliphatic hydroxyl groups is 2. The van der Waals surface area contributed by atoms with E-state index in [9.17, 15) is 15.0 Å². The lowest BCUT2D eigenvalue weighted by atomic mass is 9.78. The van der Waals surface area contributed by atoms with E-state index in [1.54, 1.807) is 6.92 Å². The lowest BCUT2D eigenvalue weighted by Gasteiger charge is -2.44. The third-order valence-electron chi connectivity index (χ3n) is 3.34. The van der Waals surface area contributed by atoms with Crippen molar-refractivity contribution in [2.24, 2.45) is 5.92 Å². The third-order valence-corrected chi connectivity index (χ3v) is 3.34. The smallest absolute Gasteiger partial charge is 0.246 e. The van der Waals surface area contributed by atoms with Crippen LogP contribution in [0.3, 0.4) is 0 Å². The largest absolute Gasteiger partial charge is 0.393 e. The van der Waals surface area contributed by atoms with E-state index >= 15 is 0 Å². The molecule has 5 atom stereocenters. The standard InChI is InChI=1S/C10H17NO4/c1-5(12)6-2-3-7(13)9-10(6)15-4-8(14)11-9/h5-7,9-10,12-13H,2-4H2,1H3,(H,11,14). The second-order valence-electron chi connectivity index (χ2n) is 4.42. The molecule has 0 aromatic rings. The molecule has 0 radical (unpaired) electrons. The van der Waals surface area contributed by atoms with Crippen LogP contribution in [0.5, 0.6) is 0 Å². The van der Waals surface area contributed by atoms with E-state index < -0.39 is 12.2 Å². The van der Waals surface area contributed by atoms with Gasteiger partial charge in [-0.2, -0.15) is 0 Å². The number of aliphatic hydroxyl groups excluding tert-OH is 2. The molecule has 5 unspecified atom stereocenters. The highest BCUT2D eigenvalue weighted by molar-refractivity contribution is 5.78. The van der Waals surface area contributed by atoms with E-state index in [0.29, 0.717) is 6.42 Å². The van der Waals surface area contributed by atoms with Crippen LogP contribution in [-0.4, -0.2) is 47.1 Å². The first kappa shape index (κ1) is 10.9. The van der Waals surface area contributed by atoms with Gasteiger partial charge in [0.25, 0.3) is 0 Å². The first-order chi connectivity index (χ1) is 7.09. The number of hydrogen-bond donors (Lipinski definition) is 3. The minimum Gasteiger partial charge on any atom is -0.393 e. The summed E-state index contributed by atoms with van der Waals surface area (Å²) in [4.78, 5) is 11.1. The zero-order valence-corrected chi connectivity index (χ0v) is 8.72. The second-order valence-corrected chi connectivity index (χ2v) is 4.42. The summed E-state index contributed by atoms with van der Waals surface area (Å²) in [5.74, 6) is -0.194. The van der Waals surface area contributed by atoms with Gasteiger partial charge in [0, 0.05) is 5.92 Å². The van der Waals surface area contributed by atoms with Gasteiger partial charge in [-0.05, 0) is 19.8 Å². The summed E-state index contributed by atoms with van der Waals surface area (Å²) < 4.78 is 5.41. The van der Waals surface area contributed by atoms with Crippen molar-refractivity contribution in [3.8, 4) is 0 Å². The Balaban J connectivity index is 2.12. The molecular formula is C10H17NO4. The van der Waals surface area contributed by atoms with Gasteiger partial charge in [0.15, 0.2) is 0 Å². The van der Waals surface area contributed by atoms with Gasteiger partial charge in [0.2, 0.25) is 5.91 Å². The summed E-state index contributed by atoms with van der Waals surface area (Å²) in [5.41, 5.74) is 0. The predicted molar refractivity (Wildman–Crippen MR) is 52.1 cm³/mol. The average Bonchev–Trinajstić information content (AvgIpc) is 2.19. The number of rotatable bonds is 1. The molecule has 15 heavy (non-hydrogen) atoms. The zero-order valence-electron chi connectivity index (χ0n) is 8.72. The maximum absolute atomic E-state index is 11.1. The molecule has 1 heterocycles. The molecule has 3 N–H and O–H groups in total. The van der Waals surface area contributed by atoms with E-state index in [1.807, 2.05) is 0 Å². The Labute approximate surface area is 88.4 Å². The van der Waals surface area contributed by atoms with Gasteiger partial charge in [-0.1, -0.05) is 0 Å². The number of carbonyl (C=O) groups excluding carboxylic acids is 1. The molecule has 5 heteroatoms. The van der Waals surface area contributed by atoms with Crippen LogP contribution in [0.25, 0.3) is 0 Å². The topological polar surface area (TPSA) is 78.8 Å². The molecule has 0 aromatic carbocycles. The molecule has 5 nitrogen and oxygen atoms in total. The molecule has 2 rings (SSSR count). The molecule has 2 aliphatic rings. The SMILES string of the molecule is CC(O)C1CCC(O)C2NC(=O)COC12. The summed E-state index contributed by atoms with van der Waals surface area (Å²) in [5, 5.41) is 22.1.